The molecule has 0 spiro atoms. The molecule has 2 heterocycles. The van der Waals surface area contributed by atoms with Gasteiger partial charge in [-0.3, -0.25) is 9.78 Å². The van der Waals surface area contributed by atoms with Crippen molar-refractivity contribution in [2.45, 2.75) is 39.0 Å². The number of ketones is 1. The Kier molecular flexibility index (Phi) is 4.48. The molecule has 0 radical (unpaired) electrons. The van der Waals surface area contributed by atoms with Gasteiger partial charge in [-0.25, -0.2) is 0 Å². The van der Waals surface area contributed by atoms with E-state index >= 15 is 0 Å². The third-order valence-electron chi connectivity index (χ3n) is 3.99. The smallest absolute Gasteiger partial charge is 0.143 e. The van der Waals surface area contributed by atoms with Crippen molar-refractivity contribution in [1.82, 2.24) is 10.3 Å². The van der Waals surface area contributed by atoms with Gasteiger partial charge in [0.15, 0.2) is 0 Å². The molecule has 18 heavy (non-hydrogen) atoms. The van der Waals surface area contributed by atoms with Crippen molar-refractivity contribution in [2.75, 3.05) is 13.1 Å². The molecule has 1 aliphatic heterocycles. The highest BCUT2D eigenvalue weighted by atomic mass is 16.1. The lowest BCUT2D eigenvalue weighted by Gasteiger charge is -2.36. The fourth-order valence-corrected chi connectivity index (χ4v) is 2.93. The molecule has 1 aromatic heterocycles. The molecule has 1 fully saturated rings. The minimum atomic E-state index is -0.0801. The van der Waals surface area contributed by atoms with E-state index in [0.29, 0.717) is 12.2 Å². The van der Waals surface area contributed by atoms with E-state index in [1.165, 1.54) is 0 Å². The number of nitrogens with one attached hydrogen (secondary N) is 1. The summed E-state index contributed by atoms with van der Waals surface area (Å²) in [4.78, 5) is 16.6. The number of aromatic nitrogens is 1. The van der Waals surface area contributed by atoms with E-state index in [4.69, 9.17) is 0 Å². The lowest BCUT2D eigenvalue weighted by atomic mass is 9.70. The third kappa shape index (κ3) is 2.96. The summed E-state index contributed by atoms with van der Waals surface area (Å²) in [5, 5.41) is 3.35. The van der Waals surface area contributed by atoms with Crippen LogP contribution >= 0.6 is 0 Å². The molecule has 3 nitrogen and oxygen atoms in total. The first-order valence-electron chi connectivity index (χ1n) is 6.90. The van der Waals surface area contributed by atoms with Crippen LogP contribution in [-0.2, 0) is 11.2 Å². The fourth-order valence-electron chi connectivity index (χ4n) is 2.93. The third-order valence-corrected chi connectivity index (χ3v) is 3.99. The number of nitrogens with zero attached hydrogens (tertiary/aromatic N) is 1. The van der Waals surface area contributed by atoms with Crippen molar-refractivity contribution >= 4 is 5.78 Å². The molecule has 1 N–H and O–H groups in total. The van der Waals surface area contributed by atoms with Gasteiger partial charge in [0.25, 0.3) is 0 Å². The molecule has 0 aliphatic carbocycles. The van der Waals surface area contributed by atoms with Gasteiger partial charge in [0.1, 0.15) is 5.78 Å². The molecule has 2 rings (SSSR count). The van der Waals surface area contributed by atoms with E-state index in [-0.39, 0.29) is 5.41 Å². The first-order valence-corrected chi connectivity index (χ1v) is 6.90. The molecule has 1 aliphatic rings. The number of hydrogen-bond donors (Lipinski definition) is 1. The molecule has 98 valence electrons. The Hall–Kier alpha value is -1.22. The number of hydrogen-bond acceptors (Lipinski definition) is 3. The van der Waals surface area contributed by atoms with Gasteiger partial charge >= 0.3 is 0 Å². The van der Waals surface area contributed by atoms with Crippen LogP contribution in [0.1, 0.15) is 38.2 Å². The summed E-state index contributed by atoms with van der Waals surface area (Å²) in [6, 6.07) is 3.89. The second kappa shape index (κ2) is 6.10. The van der Waals surface area contributed by atoms with Crippen LogP contribution in [0, 0.1) is 5.41 Å². The predicted molar refractivity (Wildman–Crippen MR) is 72.4 cm³/mol. The lowest BCUT2D eigenvalue weighted by Crippen LogP contribution is -2.42. The van der Waals surface area contributed by atoms with Crippen LogP contribution in [0.2, 0.25) is 0 Å². The molecule has 1 aromatic rings. The summed E-state index contributed by atoms with van der Waals surface area (Å²) in [6.07, 6.45) is 8.17. The Labute approximate surface area is 109 Å². The number of piperidine rings is 1. The fraction of sp³-hybridized carbons (Fsp3) is 0.600. The van der Waals surface area contributed by atoms with Gasteiger partial charge in [-0.1, -0.05) is 13.3 Å². The number of pyridine rings is 1. The van der Waals surface area contributed by atoms with Crippen molar-refractivity contribution in [3.05, 3.63) is 30.1 Å². The van der Waals surface area contributed by atoms with Crippen molar-refractivity contribution in [2.24, 2.45) is 5.41 Å². The van der Waals surface area contributed by atoms with Crippen LogP contribution < -0.4 is 5.32 Å². The van der Waals surface area contributed by atoms with Crippen LogP contribution in [0.15, 0.2) is 24.5 Å². The zero-order valence-electron chi connectivity index (χ0n) is 11.1. The molecular weight excluding hydrogens is 224 g/mol. The molecule has 3 heteroatoms. The van der Waals surface area contributed by atoms with Crippen molar-refractivity contribution in [1.29, 1.82) is 0 Å². The van der Waals surface area contributed by atoms with Crippen molar-refractivity contribution in [3.8, 4) is 0 Å². The van der Waals surface area contributed by atoms with Gasteiger partial charge < -0.3 is 5.32 Å². The Morgan fingerprint density at radius 1 is 1.33 bits per heavy atom. The van der Waals surface area contributed by atoms with Crippen molar-refractivity contribution < 1.29 is 4.79 Å². The minimum absolute atomic E-state index is 0.0801. The maximum Gasteiger partial charge on any atom is 0.143 e. The normalized spacial score (nSPS) is 18.5. The van der Waals surface area contributed by atoms with Crippen LogP contribution in [0.4, 0.5) is 0 Å². The maximum absolute atomic E-state index is 12.6. The quantitative estimate of drug-likeness (QED) is 0.867. The zero-order valence-corrected chi connectivity index (χ0v) is 11.1. The Morgan fingerprint density at radius 3 is 2.61 bits per heavy atom. The number of Topliss-reactive ketones (excluding diaryl/α,β-unsaturated/α-hetero) is 1. The van der Waals surface area contributed by atoms with Gasteiger partial charge in [0.05, 0.1) is 0 Å². The molecule has 0 amide bonds. The zero-order chi connectivity index (χ0) is 12.8. The van der Waals surface area contributed by atoms with Gasteiger partial charge in [-0.2, -0.15) is 0 Å². The number of carbonyl (C=O) groups is 1. The van der Waals surface area contributed by atoms with E-state index in [1.54, 1.807) is 12.4 Å². The SMILES string of the molecule is CCCC1(C(=O)Cc2ccncc2)CCNCC1. The highest BCUT2D eigenvalue weighted by Crippen LogP contribution is 2.36. The van der Waals surface area contributed by atoms with Gasteiger partial charge in [-0.05, 0) is 50.0 Å². The van der Waals surface area contributed by atoms with E-state index in [0.717, 1.165) is 44.3 Å². The highest BCUT2D eigenvalue weighted by molar-refractivity contribution is 5.86. The predicted octanol–water partition coefficient (Wildman–Crippen LogP) is 2.36. The molecule has 0 aromatic carbocycles. The van der Waals surface area contributed by atoms with Crippen LogP contribution in [0.3, 0.4) is 0 Å². The van der Waals surface area contributed by atoms with Crippen molar-refractivity contribution in [3.63, 3.8) is 0 Å². The van der Waals surface area contributed by atoms with E-state index in [2.05, 4.69) is 17.2 Å². The molecule has 0 unspecified atom stereocenters. The Bertz CT molecular complexity index is 377. The van der Waals surface area contributed by atoms with Gasteiger partial charge in [0.2, 0.25) is 0 Å². The summed E-state index contributed by atoms with van der Waals surface area (Å²) in [7, 11) is 0. The van der Waals surface area contributed by atoms with E-state index in [1.807, 2.05) is 12.1 Å². The van der Waals surface area contributed by atoms with Crippen LogP contribution in [0.5, 0.6) is 0 Å². The molecule has 1 saturated heterocycles. The summed E-state index contributed by atoms with van der Waals surface area (Å²) < 4.78 is 0. The molecule has 0 bridgehead atoms. The standard InChI is InChI=1S/C15H22N2O/c1-2-5-15(6-10-17-11-7-15)14(18)12-13-3-8-16-9-4-13/h3-4,8-9,17H,2,5-7,10-12H2,1H3. The number of rotatable bonds is 5. The molecule has 0 saturated carbocycles. The second-order valence-electron chi connectivity index (χ2n) is 5.24. The summed E-state index contributed by atoms with van der Waals surface area (Å²) in [5.41, 5.74) is 1.01. The summed E-state index contributed by atoms with van der Waals surface area (Å²) in [6.45, 7) is 4.12. The van der Waals surface area contributed by atoms with Gasteiger partial charge in [0, 0.05) is 24.2 Å². The molecular formula is C15H22N2O. The summed E-state index contributed by atoms with van der Waals surface area (Å²) >= 11 is 0. The first-order chi connectivity index (χ1) is 8.77. The Balaban J connectivity index is 2.08. The lowest BCUT2D eigenvalue weighted by molar-refractivity contribution is -0.130. The van der Waals surface area contributed by atoms with Crippen LogP contribution in [0.25, 0.3) is 0 Å². The minimum Gasteiger partial charge on any atom is -0.317 e. The second-order valence-corrected chi connectivity index (χ2v) is 5.24. The van der Waals surface area contributed by atoms with E-state index < -0.39 is 0 Å². The average Bonchev–Trinajstić information content (AvgIpc) is 2.41. The largest absolute Gasteiger partial charge is 0.317 e. The van der Waals surface area contributed by atoms with Gasteiger partial charge in [-0.15, -0.1) is 0 Å². The highest BCUT2D eigenvalue weighted by Gasteiger charge is 2.37. The maximum atomic E-state index is 12.6. The monoisotopic (exact) mass is 246 g/mol. The Morgan fingerprint density at radius 2 is 2.00 bits per heavy atom. The van der Waals surface area contributed by atoms with Crippen LogP contribution in [-0.4, -0.2) is 23.9 Å². The molecule has 0 atom stereocenters. The topological polar surface area (TPSA) is 42.0 Å². The van der Waals surface area contributed by atoms with E-state index in [9.17, 15) is 4.79 Å². The summed E-state index contributed by atoms with van der Waals surface area (Å²) in [5.74, 6) is 0.414. The first kappa shape index (κ1) is 13.2. The number of carbonyl (C=O) groups excluding carboxylic acids is 1. The average molecular weight is 246 g/mol.